The van der Waals surface area contributed by atoms with Crippen molar-refractivity contribution in [2.45, 2.75) is 17.7 Å². The van der Waals surface area contributed by atoms with Gasteiger partial charge < -0.3 is 10.5 Å². The summed E-state index contributed by atoms with van der Waals surface area (Å²) in [5, 5.41) is 0. The number of pyridine rings is 1. The summed E-state index contributed by atoms with van der Waals surface area (Å²) in [5.74, 6) is 0.490. The molecule has 0 bridgehead atoms. The molecule has 2 N–H and O–H groups in total. The quantitative estimate of drug-likeness (QED) is 0.880. The van der Waals surface area contributed by atoms with Gasteiger partial charge in [-0.2, -0.15) is 4.31 Å². The number of anilines is 1. The number of hydrogen-bond acceptors (Lipinski definition) is 5. The molecule has 0 radical (unpaired) electrons. The molecule has 7 heteroatoms. The third kappa shape index (κ3) is 3.05. The Labute approximate surface area is 113 Å². The fourth-order valence-electron chi connectivity index (χ4n) is 2.31. The zero-order chi connectivity index (χ0) is 13.9. The van der Waals surface area contributed by atoms with Crippen LogP contribution < -0.4 is 5.73 Å². The van der Waals surface area contributed by atoms with Crippen molar-refractivity contribution in [2.75, 3.05) is 32.5 Å². The van der Waals surface area contributed by atoms with Crippen molar-refractivity contribution < 1.29 is 13.2 Å². The van der Waals surface area contributed by atoms with E-state index in [1.165, 1.54) is 16.6 Å². The van der Waals surface area contributed by atoms with E-state index in [0.29, 0.717) is 25.6 Å². The molecule has 1 aliphatic heterocycles. The van der Waals surface area contributed by atoms with Crippen molar-refractivity contribution in [3.63, 3.8) is 0 Å². The zero-order valence-corrected chi connectivity index (χ0v) is 11.8. The van der Waals surface area contributed by atoms with E-state index in [-0.39, 0.29) is 10.7 Å². The summed E-state index contributed by atoms with van der Waals surface area (Å²) in [4.78, 5) is 3.93. The maximum atomic E-state index is 12.4. The number of sulfonamides is 1. The van der Waals surface area contributed by atoms with Crippen LogP contribution in [0.5, 0.6) is 0 Å². The number of rotatable bonds is 4. The normalized spacial score (nSPS) is 18.6. The molecule has 0 saturated carbocycles. The number of piperidine rings is 1. The minimum Gasteiger partial charge on any atom is -0.384 e. The van der Waals surface area contributed by atoms with E-state index in [4.69, 9.17) is 10.5 Å². The van der Waals surface area contributed by atoms with Gasteiger partial charge >= 0.3 is 0 Å². The number of nitrogens with zero attached hydrogens (tertiary/aromatic N) is 2. The number of nitrogen functional groups attached to an aromatic ring is 1. The Hall–Kier alpha value is -1.18. The van der Waals surface area contributed by atoms with Gasteiger partial charge in [0.05, 0.1) is 0 Å². The van der Waals surface area contributed by atoms with Crippen LogP contribution in [0.15, 0.2) is 23.2 Å². The van der Waals surface area contributed by atoms with Gasteiger partial charge in [-0.25, -0.2) is 13.4 Å². The highest BCUT2D eigenvalue weighted by atomic mass is 32.2. The van der Waals surface area contributed by atoms with Crippen molar-refractivity contribution in [2.24, 2.45) is 5.92 Å². The van der Waals surface area contributed by atoms with E-state index in [9.17, 15) is 8.42 Å². The van der Waals surface area contributed by atoms with Crippen molar-refractivity contribution >= 4 is 15.8 Å². The van der Waals surface area contributed by atoms with Gasteiger partial charge in [0.2, 0.25) is 10.0 Å². The van der Waals surface area contributed by atoms with E-state index >= 15 is 0 Å². The Morgan fingerprint density at radius 1 is 1.47 bits per heavy atom. The SMILES string of the molecule is COCC1CCN(S(=O)(=O)c2cccnc2N)CC1. The lowest BCUT2D eigenvalue weighted by molar-refractivity contribution is 0.121. The molecule has 6 nitrogen and oxygen atoms in total. The number of nitrogens with two attached hydrogens (primary N) is 1. The van der Waals surface area contributed by atoms with E-state index in [1.807, 2.05) is 0 Å². The highest BCUT2D eigenvalue weighted by Crippen LogP contribution is 2.25. The molecule has 0 atom stereocenters. The lowest BCUT2D eigenvalue weighted by Crippen LogP contribution is -2.39. The first kappa shape index (κ1) is 14.2. The second-order valence-electron chi connectivity index (χ2n) is 4.69. The average Bonchev–Trinajstić information content (AvgIpc) is 2.40. The fourth-order valence-corrected chi connectivity index (χ4v) is 3.85. The summed E-state index contributed by atoms with van der Waals surface area (Å²) in [6.45, 7) is 1.69. The predicted octanol–water partition coefficient (Wildman–Crippen LogP) is 0.711. The highest BCUT2D eigenvalue weighted by molar-refractivity contribution is 7.89. The van der Waals surface area contributed by atoms with Crippen LogP contribution in [0, 0.1) is 5.92 Å². The summed E-state index contributed by atoms with van der Waals surface area (Å²) in [7, 11) is -1.86. The van der Waals surface area contributed by atoms with Gasteiger partial charge in [-0.1, -0.05) is 0 Å². The van der Waals surface area contributed by atoms with Gasteiger partial charge in [0.25, 0.3) is 0 Å². The van der Waals surface area contributed by atoms with Gasteiger partial charge in [-0.3, -0.25) is 0 Å². The number of aromatic nitrogens is 1. The molecule has 0 amide bonds. The van der Waals surface area contributed by atoms with Crippen LogP contribution in [0.3, 0.4) is 0 Å². The van der Waals surface area contributed by atoms with Crippen LogP contribution in [0.25, 0.3) is 0 Å². The second-order valence-corrected chi connectivity index (χ2v) is 6.60. The predicted molar refractivity (Wildman–Crippen MR) is 72.0 cm³/mol. The maximum Gasteiger partial charge on any atom is 0.246 e. The maximum absolute atomic E-state index is 12.4. The summed E-state index contributed by atoms with van der Waals surface area (Å²) >= 11 is 0. The van der Waals surface area contributed by atoms with Gasteiger partial charge in [-0.05, 0) is 30.9 Å². The smallest absolute Gasteiger partial charge is 0.246 e. The summed E-state index contributed by atoms with van der Waals surface area (Å²) in [5.41, 5.74) is 5.65. The molecule has 2 heterocycles. The summed E-state index contributed by atoms with van der Waals surface area (Å²) in [6.07, 6.45) is 3.11. The largest absolute Gasteiger partial charge is 0.384 e. The van der Waals surface area contributed by atoms with Gasteiger partial charge in [0.15, 0.2) is 0 Å². The van der Waals surface area contributed by atoms with Crippen LogP contribution in [-0.4, -0.2) is 44.5 Å². The third-order valence-corrected chi connectivity index (χ3v) is 5.34. The minimum atomic E-state index is -3.53. The third-order valence-electron chi connectivity index (χ3n) is 3.39. The lowest BCUT2D eigenvalue weighted by atomic mass is 9.99. The number of hydrogen-bond donors (Lipinski definition) is 1. The molecule has 19 heavy (non-hydrogen) atoms. The van der Waals surface area contributed by atoms with Crippen LogP contribution >= 0.6 is 0 Å². The number of methoxy groups -OCH3 is 1. The molecule has 1 saturated heterocycles. The molecule has 1 aromatic rings. The average molecular weight is 285 g/mol. The molecule has 1 aromatic heterocycles. The molecule has 0 spiro atoms. The Morgan fingerprint density at radius 2 is 2.16 bits per heavy atom. The van der Waals surface area contributed by atoms with E-state index in [1.54, 1.807) is 13.2 Å². The molecule has 0 aliphatic carbocycles. The van der Waals surface area contributed by atoms with Gasteiger partial charge in [0, 0.05) is 33.0 Å². The van der Waals surface area contributed by atoms with Crippen LogP contribution in [0.1, 0.15) is 12.8 Å². The Kier molecular flexibility index (Phi) is 4.38. The monoisotopic (exact) mass is 285 g/mol. The zero-order valence-electron chi connectivity index (χ0n) is 10.9. The standard InChI is InChI=1S/C12H19N3O3S/c1-18-9-10-4-7-15(8-5-10)19(16,17)11-3-2-6-14-12(11)13/h2-3,6,10H,4-5,7-9H2,1H3,(H2,13,14). The van der Waals surface area contributed by atoms with Crippen molar-refractivity contribution in [1.29, 1.82) is 0 Å². The molecule has 2 rings (SSSR count). The van der Waals surface area contributed by atoms with Gasteiger partial charge in [-0.15, -0.1) is 0 Å². The first-order valence-corrected chi connectivity index (χ1v) is 7.69. The van der Waals surface area contributed by atoms with Gasteiger partial charge in [0.1, 0.15) is 10.7 Å². The molecule has 0 unspecified atom stereocenters. The number of ether oxygens (including phenoxy) is 1. The molecule has 1 aliphatic rings. The first-order valence-electron chi connectivity index (χ1n) is 6.25. The topological polar surface area (TPSA) is 85.5 Å². The first-order chi connectivity index (χ1) is 9.05. The Bertz CT molecular complexity index is 525. The Balaban J connectivity index is 2.12. The van der Waals surface area contributed by atoms with Crippen molar-refractivity contribution in [3.8, 4) is 0 Å². The van der Waals surface area contributed by atoms with E-state index < -0.39 is 10.0 Å². The summed E-state index contributed by atoms with van der Waals surface area (Å²) < 4.78 is 31.5. The lowest BCUT2D eigenvalue weighted by Gasteiger charge is -2.30. The second kappa shape index (κ2) is 5.85. The molecule has 1 fully saturated rings. The van der Waals surface area contributed by atoms with Crippen LogP contribution in [-0.2, 0) is 14.8 Å². The Morgan fingerprint density at radius 3 is 2.74 bits per heavy atom. The van der Waals surface area contributed by atoms with Crippen molar-refractivity contribution in [3.05, 3.63) is 18.3 Å². The highest BCUT2D eigenvalue weighted by Gasteiger charge is 2.30. The fraction of sp³-hybridized carbons (Fsp3) is 0.583. The van der Waals surface area contributed by atoms with E-state index in [0.717, 1.165) is 12.8 Å². The summed E-state index contributed by atoms with van der Waals surface area (Å²) in [6, 6.07) is 3.08. The molecule has 0 aromatic carbocycles. The molecule has 106 valence electrons. The van der Waals surface area contributed by atoms with Crippen molar-refractivity contribution in [1.82, 2.24) is 9.29 Å². The van der Waals surface area contributed by atoms with E-state index in [2.05, 4.69) is 4.98 Å². The minimum absolute atomic E-state index is 0.0570. The van der Waals surface area contributed by atoms with Crippen LogP contribution in [0.4, 0.5) is 5.82 Å². The van der Waals surface area contributed by atoms with Crippen LogP contribution in [0.2, 0.25) is 0 Å². The molecular formula is C12H19N3O3S. The molecular weight excluding hydrogens is 266 g/mol.